The Kier molecular flexibility index (Phi) is 4.93. The van der Waals surface area contributed by atoms with E-state index >= 15 is 0 Å². The molecule has 2 aromatic carbocycles. The van der Waals surface area contributed by atoms with Crippen molar-refractivity contribution in [3.8, 4) is 0 Å². The van der Waals surface area contributed by atoms with Crippen molar-refractivity contribution in [1.29, 1.82) is 0 Å². The van der Waals surface area contributed by atoms with Crippen LogP contribution in [0.15, 0.2) is 60.8 Å². The fourth-order valence-electron chi connectivity index (χ4n) is 2.34. The number of carbonyl (C=O) groups is 1. The number of hydrogen-bond acceptors (Lipinski definition) is 3. The van der Waals surface area contributed by atoms with Gasteiger partial charge >= 0.3 is 0 Å². The Bertz CT molecular complexity index is 810. The molecule has 4 heteroatoms. The summed E-state index contributed by atoms with van der Waals surface area (Å²) in [7, 11) is 0. The zero-order chi connectivity index (χ0) is 16.1. The lowest BCUT2D eigenvalue weighted by Crippen LogP contribution is -2.14. The number of benzene rings is 2. The molecule has 0 aliphatic heterocycles. The molecule has 0 unspecified atom stereocenters. The molecular formula is C19H18N2OS. The molecule has 0 fully saturated rings. The first-order valence-corrected chi connectivity index (χ1v) is 8.65. The quantitative estimate of drug-likeness (QED) is 0.756. The predicted octanol–water partition coefficient (Wildman–Crippen LogP) is 4.42. The second-order valence-electron chi connectivity index (χ2n) is 5.41. The van der Waals surface area contributed by atoms with Crippen LogP contribution in [0.5, 0.6) is 0 Å². The highest BCUT2D eigenvalue weighted by Crippen LogP contribution is 2.21. The summed E-state index contributed by atoms with van der Waals surface area (Å²) in [5, 5.41) is 3.98. The third-order valence-corrected chi connectivity index (χ3v) is 4.53. The summed E-state index contributed by atoms with van der Waals surface area (Å²) in [4.78, 5) is 16.5. The third kappa shape index (κ3) is 4.11. The van der Waals surface area contributed by atoms with Gasteiger partial charge in [-0.3, -0.25) is 9.78 Å². The van der Waals surface area contributed by atoms with Crippen LogP contribution in [0, 0.1) is 6.92 Å². The Labute approximate surface area is 140 Å². The van der Waals surface area contributed by atoms with Crippen LogP contribution in [0.4, 0.5) is 5.69 Å². The van der Waals surface area contributed by atoms with Gasteiger partial charge in [-0.15, -0.1) is 11.8 Å². The van der Waals surface area contributed by atoms with Gasteiger partial charge in [-0.25, -0.2) is 0 Å². The van der Waals surface area contributed by atoms with Crippen LogP contribution in [0.3, 0.4) is 0 Å². The van der Waals surface area contributed by atoms with E-state index in [4.69, 9.17) is 0 Å². The van der Waals surface area contributed by atoms with Crippen molar-refractivity contribution in [3.63, 3.8) is 0 Å². The maximum Gasteiger partial charge on any atom is 0.234 e. The Hall–Kier alpha value is -2.33. The number of anilines is 1. The molecule has 1 amide bonds. The van der Waals surface area contributed by atoms with Gasteiger partial charge in [0.15, 0.2) is 0 Å². The molecule has 0 atom stereocenters. The molecule has 116 valence electrons. The molecule has 0 saturated carbocycles. The SMILES string of the molecule is Cc1ccc(CSCC(=O)Nc2cccc3cccnc23)cc1. The van der Waals surface area contributed by atoms with E-state index in [1.165, 1.54) is 11.1 Å². The van der Waals surface area contributed by atoms with Crippen LogP contribution in [0.25, 0.3) is 10.9 Å². The number of aromatic nitrogens is 1. The zero-order valence-corrected chi connectivity index (χ0v) is 13.8. The normalized spacial score (nSPS) is 10.7. The van der Waals surface area contributed by atoms with Crippen LogP contribution < -0.4 is 5.32 Å². The number of hydrogen-bond donors (Lipinski definition) is 1. The second-order valence-corrected chi connectivity index (χ2v) is 6.39. The molecule has 3 nitrogen and oxygen atoms in total. The highest BCUT2D eigenvalue weighted by Gasteiger charge is 2.06. The number of carbonyl (C=O) groups excluding carboxylic acids is 1. The lowest BCUT2D eigenvalue weighted by Gasteiger charge is -2.08. The largest absolute Gasteiger partial charge is 0.323 e. The van der Waals surface area contributed by atoms with E-state index in [0.29, 0.717) is 5.75 Å². The molecule has 1 N–H and O–H groups in total. The van der Waals surface area contributed by atoms with Gasteiger partial charge in [-0.1, -0.05) is 48.0 Å². The summed E-state index contributed by atoms with van der Waals surface area (Å²) in [6, 6.07) is 18.1. The molecule has 0 bridgehead atoms. The molecule has 1 heterocycles. The maximum absolute atomic E-state index is 12.1. The van der Waals surface area contributed by atoms with E-state index in [9.17, 15) is 4.79 Å². The van der Waals surface area contributed by atoms with Crippen LogP contribution in [0.1, 0.15) is 11.1 Å². The lowest BCUT2D eigenvalue weighted by molar-refractivity contribution is -0.113. The second kappa shape index (κ2) is 7.29. The molecule has 0 aliphatic carbocycles. The summed E-state index contributed by atoms with van der Waals surface area (Å²) in [5.74, 6) is 1.26. The van der Waals surface area contributed by atoms with E-state index < -0.39 is 0 Å². The highest BCUT2D eigenvalue weighted by molar-refractivity contribution is 7.99. The molecule has 0 radical (unpaired) electrons. The molecule has 3 rings (SSSR count). The molecule has 0 spiro atoms. The van der Waals surface area contributed by atoms with Gasteiger partial charge < -0.3 is 5.32 Å². The van der Waals surface area contributed by atoms with Crippen molar-refractivity contribution in [1.82, 2.24) is 4.98 Å². The fraction of sp³-hybridized carbons (Fsp3) is 0.158. The lowest BCUT2D eigenvalue weighted by atomic mass is 10.2. The van der Waals surface area contributed by atoms with E-state index in [1.807, 2.05) is 30.3 Å². The number of nitrogens with one attached hydrogen (secondary N) is 1. The average molecular weight is 322 g/mol. The minimum absolute atomic E-state index is 0.000245. The summed E-state index contributed by atoms with van der Waals surface area (Å²) >= 11 is 1.61. The first kappa shape index (κ1) is 15.6. The highest BCUT2D eigenvalue weighted by atomic mass is 32.2. The smallest absolute Gasteiger partial charge is 0.234 e. The first-order valence-electron chi connectivity index (χ1n) is 7.49. The van der Waals surface area contributed by atoms with Crippen LogP contribution >= 0.6 is 11.8 Å². The summed E-state index contributed by atoms with van der Waals surface area (Å²) in [6.07, 6.45) is 1.74. The Morgan fingerprint density at radius 3 is 2.70 bits per heavy atom. The number of thioether (sulfide) groups is 1. The minimum atomic E-state index is 0.000245. The van der Waals surface area contributed by atoms with E-state index in [1.54, 1.807) is 18.0 Å². The topological polar surface area (TPSA) is 42.0 Å². The van der Waals surface area contributed by atoms with Gasteiger partial charge in [0.1, 0.15) is 0 Å². The van der Waals surface area contributed by atoms with Crippen LogP contribution in [-0.2, 0) is 10.5 Å². The van der Waals surface area contributed by atoms with Crippen molar-refractivity contribution in [2.45, 2.75) is 12.7 Å². The summed E-state index contributed by atoms with van der Waals surface area (Å²) < 4.78 is 0. The number of fused-ring (bicyclic) bond motifs is 1. The average Bonchev–Trinajstić information content (AvgIpc) is 2.57. The van der Waals surface area contributed by atoms with E-state index in [-0.39, 0.29) is 5.91 Å². The maximum atomic E-state index is 12.1. The number of rotatable bonds is 5. The van der Waals surface area contributed by atoms with Crippen molar-refractivity contribution in [3.05, 3.63) is 71.9 Å². The molecule has 3 aromatic rings. The number of aryl methyl sites for hydroxylation is 1. The molecular weight excluding hydrogens is 304 g/mol. The van der Waals surface area contributed by atoms with Crippen molar-refractivity contribution in [2.75, 3.05) is 11.1 Å². The van der Waals surface area contributed by atoms with Gasteiger partial charge in [0.2, 0.25) is 5.91 Å². The number of nitrogens with zero attached hydrogens (tertiary/aromatic N) is 1. The third-order valence-electron chi connectivity index (χ3n) is 3.53. The summed E-state index contributed by atoms with van der Waals surface area (Å²) in [6.45, 7) is 2.07. The van der Waals surface area contributed by atoms with Crippen LogP contribution in [0.2, 0.25) is 0 Å². The van der Waals surface area contributed by atoms with Crippen molar-refractivity contribution < 1.29 is 4.79 Å². The number of amides is 1. The fourth-order valence-corrected chi connectivity index (χ4v) is 3.13. The first-order chi connectivity index (χ1) is 11.2. The Balaban J connectivity index is 1.57. The molecule has 0 aliphatic rings. The zero-order valence-electron chi connectivity index (χ0n) is 13.0. The Morgan fingerprint density at radius 2 is 1.87 bits per heavy atom. The van der Waals surface area contributed by atoms with Gasteiger partial charge in [0.05, 0.1) is 17.0 Å². The number of pyridine rings is 1. The molecule has 1 aromatic heterocycles. The number of para-hydroxylation sites is 1. The van der Waals surface area contributed by atoms with E-state index in [0.717, 1.165) is 22.3 Å². The standard InChI is InChI=1S/C19H18N2OS/c1-14-7-9-15(10-8-14)12-23-13-18(22)21-17-6-2-4-16-5-3-11-20-19(16)17/h2-11H,12-13H2,1H3,(H,21,22). The monoisotopic (exact) mass is 322 g/mol. The molecule has 23 heavy (non-hydrogen) atoms. The minimum Gasteiger partial charge on any atom is -0.323 e. The summed E-state index contributed by atoms with van der Waals surface area (Å²) in [5.41, 5.74) is 4.08. The van der Waals surface area contributed by atoms with Crippen LogP contribution in [-0.4, -0.2) is 16.6 Å². The van der Waals surface area contributed by atoms with Gasteiger partial charge in [0, 0.05) is 17.3 Å². The van der Waals surface area contributed by atoms with Crippen molar-refractivity contribution >= 4 is 34.3 Å². The molecule has 0 saturated heterocycles. The predicted molar refractivity (Wildman–Crippen MR) is 97.7 cm³/mol. The van der Waals surface area contributed by atoms with Crippen molar-refractivity contribution in [2.24, 2.45) is 0 Å². The Morgan fingerprint density at radius 1 is 1.09 bits per heavy atom. The van der Waals surface area contributed by atoms with Gasteiger partial charge in [-0.05, 0) is 24.6 Å². The van der Waals surface area contributed by atoms with Gasteiger partial charge in [0.25, 0.3) is 0 Å². The van der Waals surface area contributed by atoms with E-state index in [2.05, 4.69) is 41.5 Å². The van der Waals surface area contributed by atoms with Gasteiger partial charge in [-0.2, -0.15) is 0 Å².